The van der Waals surface area contributed by atoms with Crippen molar-refractivity contribution < 1.29 is 4.79 Å². The zero-order valence-electron chi connectivity index (χ0n) is 11.9. The second kappa shape index (κ2) is 5.81. The van der Waals surface area contributed by atoms with E-state index in [-0.39, 0.29) is 11.5 Å². The Hall–Kier alpha value is -2.25. The highest BCUT2D eigenvalue weighted by molar-refractivity contribution is 5.87. The van der Waals surface area contributed by atoms with Crippen LogP contribution in [-0.2, 0) is 11.3 Å². The molecule has 0 saturated carbocycles. The first-order valence-corrected chi connectivity index (χ1v) is 6.41. The number of rotatable bonds is 6. The molecular formula is C12H21N5O3. The predicted octanol–water partition coefficient (Wildman–Crippen LogP) is -0.405. The Kier molecular flexibility index (Phi) is 4.59. The van der Waals surface area contributed by atoms with Crippen LogP contribution in [0.25, 0.3) is 0 Å². The molecule has 8 nitrogen and oxygen atoms in total. The second-order valence-corrected chi connectivity index (χ2v) is 5.14. The summed E-state index contributed by atoms with van der Waals surface area (Å²) < 4.78 is 1.27. The van der Waals surface area contributed by atoms with Crippen molar-refractivity contribution in [1.82, 2.24) is 9.55 Å². The number of nitrogens with one attached hydrogen (secondary N) is 2. The van der Waals surface area contributed by atoms with Crippen molar-refractivity contribution >= 4 is 17.4 Å². The van der Waals surface area contributed by atoms with Crippen LogP contribution in [0.5, 0.6) is 0 Å². The van der Waals surface area contributed by atoms with Gasteiger partial charge in [-0.3, -0.25) is 19.1 Å². The van der Waals surface area contributed by atoms with Crippen molar-refractivity contribution in [3.8, 4) is 0 Å². The fourth-order valence-corrected chi connectivity index (χ4v) is 1.62. The molecule has 0 aliphatic rings. The third-order valence-corrected chi connectivity index (χ3v) is 3.03. The minimum Gasteiger partial charge on any atom is -0.383 e. The number of nitrogen functional groups attached to an aromatic ring is 1. The zero-order valence-corrected chi connectivity index (χ0v) is 11.9. The van der Waals surface area contributed by atoms with E-state index in [1.54, 1.807) is 0 Å². The first-order valence-electron chi connectivity index (χ1n) is 6.41. The summed E-state index contributed by atoms with van der Waals surface area (Å²) in [6.45, 7) is 5.41. The number of primary amides is 1. The number of anilines is 2. The number of H-pyrrole nitrogens is 1. The van der Waals surface area contributed by atoms with E-state index in [4.69, 9.17) is 11.5 Å². The topological polar surface area (TPSA) is 136 Å². The van der Waals surface area contributed by atoms with Crippen molar-refractivity contribution in [1.29, 1.82) is 0 Å². The maximum absolute atomic E-state index is 11.8. The van der Waals surface area contributed by atoms with Crippen LogP contribution >= 0.6 is 0 Å². The molecule has 0 saturated heterocycles. The summed E-state index contributed by atoms with van der Waals surface area (Å²) in [4.78, 5) is 37.0. The average molecular weight is 283 g/mol. The number of unbranched alkanes of at least 4 members (excludes halogenated alkanes) is 1. The van der Waals surface area contributed by atoms with Gasteiger partial charge in [0.05, 0.1) is 0 Å². The summed E-state index contributed by atoms with van der Waals surface area (Å²) in [6.07, 6.45) is 1.62. The third kappa shape index (κ3) is 3.19. The van der Waals surface area contributed by atoms with Crippen LogP contribution < -0.4 is 28.0 Å². The molecule has 112 valence electrons. The van der Waals surface area contributed by atoms with Gasteiger partial charge in [0.1, 0.15) is 17.0 Å². The van der Waals surface area contributed by atoms with E-state index >= 15 is 0 Å². The van der Waals surface area contributed by atoms with Gasteiger partial charge in [0.2, 0.25) is 5.91 Å². The van der Waals surface area contributed by atoms with E-state index in [9.17, 15) is 14.4 Å². The molecule has 1 amide bonds. The fraction of sp³-hybridized carbons (Fsp3) is 0.583. The highest BCUT2D eigenvalue weighted by Gasteiger charge is 2.27. The lowest BCUT2D eigenvalue weighted by molar-refractivity contribution is -0.121. The van der Waals surface area contributed by atoms with Gasteiger partial charge in [-0.15, -0.1) is 0 Å². The third-order valence-electron chi connectivity index (χ3n) is 3.03. The lowest BCUT2D eigenvalue weighted by atomic mass is 10.1. The van der Waals surface area contributed by atoms with Crippen LogP contribution in [0, 0.1) is 0 Å². The highest BCUT2D eigenvalue weighted by atomic mass is 16.2. The Bertz CT molecular complexity index is 614. The minimum absolute atomic E-state index is 0.00141. The van der Waals surface area contributed by atoms with Crippen LogP contribution in [0.3, 0.4) is 0 Å². The SMILES string of the molecule is CCCCn1c(N)c(NC(C)(C)C(N)=O)c(=O)[nH]c1=O. The molecule has 0 aliphatic carbocycles. The van der Waals surface area contributed by atoms with E-state index in [0.29, 0.717) is 6.54 Å². The van der Waals surface area contributed by atoms with Gasteiger partial charge in [0.15, 0.2) is 0 Å². The van der Waals surface area contributed by atoms with Gasteiger partial charge in [-0.1, -0.05) is 13.3 Å². The Morgan fingerprint density at radius 3 is 2.50 bits per heavy atom. The minimum atomic E-state index is -1.16. The van der Waals surface area contributed by atoms with Gasteiger partial charge in [0, 0.05) is 6.54 Å². The highest BCUT2D eigenvalue weighted by Crippen LogP contribution is 2.16. The number of aromatic nitrogens is 2. The number of hydrogen-bond acceptors (Lipinski definition) is 5. The standard InChI is InChI=1S/C12H21N5O3/c1-4-5-6-17-8(13)7(9(18)15-11(17)20)16-12(2,3)10(14)19/h16H,4-6,13H2,1-3H3,(H2,14,19)(H,15,18,20). The molecule has 0 unspecified atom stereocenters. The Morgan fingerprint density at radius 2 is 2.00 bits per heavy atom. The Balaban J connectivity index is 3.30. The van der Waals surface area contributed by atoms with E-state index in [1.807, 2.05) is 6.92 Å². The van der Waals surface area contributed by atoms with Crippen molar-refractivity contribution in [2.75, 3.05) is 11.1 Å². The first-order chi connectivity index (χ1) is 9.20. The largest absolute Gasteiger partial charge is 0.383 e. The molecule has 0 radical (unpaired) electrons. The number of hydrogen-bond donors (Lipinski definition) is 4. The number of amides is 1. The predicted molar refractivity (Wildman–Crippen MR) is 77.5 cm³/mol. The van der Waals surface area contributed by atoms with Crippen molar-refractivity contribution in [3.05, 3.63) is 20.8 Å². The molecular weight excluding hydrogens is 262 g/mol. The molecule has 20 heavy (non-hydrogen) atoms. The molecule has 0 bridgehead atoms. The molecule has 1 heterocycles. The first kappa shape index (κ1) is 15.8. The molecule has 0 aromatic carbocycles. The number of nitrogens with two attached hydrogens (primary N) is 2. The molecule has 0 aliphatic heterocycles. The molecule has 6 N–H and O–H groups in total. The molecule has 0 spiro atoms. The van der Waals surface area contributed by atoms with Crippen LogP contribution in [0.2, 0.25) is 0 Å². The smallest absolute Gasteiger partial charge is 0.330 e. The van der Waals surface area contributed by atoms with Crippen molar-refractivity contribution in [2.45, 2.75) is 45.7 Å². The lowest BCUT2D eigenvalue weighted by Crippen LogP contribution is -2.47. The van der Waals surface area contributed by atoms with Crippen LogP contribution in [0.1, 0.15) is 33.6 Å². The monoisotopic (exact) mass is 283 g/mol. The van der Waals surface area contributed by atoms with Gasteiger partial charge >= 0.3 is 5.69 Å². The quantitative estimate of drug-likeness (QED) is 0.563. The van der Waals surface area contributed by atoms with Crippen LogP contribution in [-0.4, -0.2) is 21.0 Å². The van der Waals surface area contributed by atoms with Gasteiger partial charge in [0.25, 0.3) is 5.56 Å². The molecule has 1 aromatic rings. The number of carbonyl (C=O) groups is 1. The summed E-state index contributed by atoms with van der Waals surface area (Å²) >= 11 is 0. The van der Waals surface area contributed by atoms with Gasteiger partial charge in [-0.25, -0.2) is 4.79 Å². The van der Waals surface area contributed by atoms with E-state index in [1.165, 1.54) is 18.4 Å². The number of aromatic amines is 1. The van der Waals surface area contributed by atoms with Gasteiger partial charge < -0.3 is 16.8 Å². The lowest BCUT2D eigenvalue weighted by Gasteiger charge is -2.24. The Labute approximate surface area is 116 Å². The van der Waals surface area contributed by atoms with Crippen molar-refractivity contribution in [2.24, 2.45) is 5.73 Å². The van der Waals surface area contributed by atoms with Gasteiger partial charge in [-0.05, 0) is 20.3 Å². The summed E-state index contributed by atoms with van der Waals surface area (Å²) in [6, 6.07) is 0. The van der Waals surface area contributed by atoms with Gasteiger partial charge in [-0.2, -0.15) is 0 Å². The number of nitrogens with zero attached hydrogens (tertiary/aromatic N) is 1. The number of carbonyl (C=O) groups excluding carboxylic acids is 1. The molecule has 1 aromatic heterocycles. The van der Waals surface area contributed by atoms with E-state index < -0.39 is 22.7 Å². The Morgan fingerprint density at radius 1 is 1.40 bits per heavy atom. The van der Waals surface area contributed by atoms with Crippen LogP contribution in [0.4, 0.5) is 11.5 Å². The van der Waals surface area contributed by atoms with E-state index in [0.717, 1.165) is 12.8 Å². The summed E-state index contributed by atoms with van der Waals surface area (Å²) in [5.41, 5.74) is 8.68. The second-order valence-electron chi connectivity index (χ2n) is 5.14. The fourth-order valence-electron chi connectivity index (χ4n) is 1.62. The van der Waals surface area contributed by atoms with Crippen LogP contribution in [0.15, 0.2) is 9.59 Å². The maximum atomic E-state index is 11.8. The molecule has 8 heteroatoms. The average Bonchev–Trinajstić information content (AvgIpc) is 2.34. The molecule has 0 fully saturated rings. The zero-order chi connectivity index (χ0) is 15.5. The molecule has 1 rings (SSSR count). The van der Waals surface area contributed by atoms with Crippen molar-refractivity contribution in [3.63, 3.8) is 0 Å². The summed E-state index contributed by atoms with van der Waals surface area (Å²) in [5, 5.41) is 2.70. The van der Waals surface area contributed by atoms with E-state index in [2.05, 4.69) is 10.3 Å². The normalized spacial score (nSPS) is 11.3. The summed E-state index contributed by atoms with van der Waals surface area (Å²) in [7, 11) is 0. The molecule has 0 atom stereocenters. The summed E-state index contributed by atoms with van der Waals surface area (Å²) in [5.74, 6) is -0.635. The maximum Gasteiger partial charge on any atom is 0.330 e.